The Morgan fingerprint density at radius 2 is 2.07 bits per heavy atom. The van der Waals surface area contributed by atoms with E-state index in [1.807, 2.05) is 35.0 Å². The molecule has 0 atom stereocenters. The molecule has 1 aliphatic carbocycles. The number of hydrogen-bond acceptors (Lipinski definition) is 5. The summed E-state index contributed by atoms with van der Waals surface area (Å²) in [4.78, 5) is 17.1. The van der Waals surface area contributed by atoms with E-state index in [0.717, 1.165) is 34.6 Å². The average Bonchev–Trinajstić information content (AvgIpc) is 3.29. The molecule has 28 heavy (non-hydrogen) atoms. The van der Waals surface area contributed by atoms with Gasteiger partial charge in [0.05, 0.1) is 43.7 Å². The lowest BCUT2D eigenvalue weighted by Gasteiger charge is -2.26. The molecule has 2 aliphatic rings. The summed E-state index contributed by atoms with van der Waals surface area (Å²) in [6.45, 7) is 4.22. The van der Waals surface area contributed by atoms with E-state index >= 15 is 0 Å². The Morgan fingerprint density at radius 1 is 1.29 bits per heavy atom. The molecule has 0 radical (unpaired) electrons. The standard InChI is InChI=1S/C21H25N5O2/c1-15-13-17(16(14-19(15)28)22-8-12-27)23-20-18-7-3-4-9-25(18)24-21(20)26(2)10-5-6-11-26/h3-4,7,9,13-14,27H,5-6,8,10-12H2,1-2H3/p+1. The highest BCUT2D eigenvalue weighted by atomic mass is 16.3. The fraction of sp³-hybridized carbons (Fsp3) is 0.381. The van der Waals surface area contributed by atoms with Gasteiger partial charge in [0.25, 0.3) is 5.82 Å². The third kappa shape index (κ3) is 3.27. The maximum absolute atomic E-state index is 12.1. The first-order chi connectivity index (χ1) is 13.5. The van der Waals surface area contributed by atoms with E-state index in [-0.39, 0.29) is 12.4 Å². The van der Waals surface area contributed by atoms with Crippen LogP contribution in [0.3, 0.4) is 0 Å². The smallest absolute Gasteiger partial charge is 0.273 e. The Hall–Kier alpha value is -2.77. The van der Waals surface area contributed by atoms with Crippen LogP contribution in [0.1, 0.15) is 19.8 Å². The molecule has 1 saturated heterocycles. The van der Waals surface area contributed by atoms with Crippen LogP contribution in [0.15, 0.2) is 52.8 Å². The number of carbonyl (C=O) groups excluding carboxylic acids is 1. The molecule has 146 valence electrons. The molecule has 2 aromatic rings. The largest absolute Gasteiger partial charge is 0.395 e. The molecule has 4 rings (SSSR count). The monoisotopic (exact) mass is 380 g/mol. The van der Waals surface area contributed by atoms with Crippen molar-refractivity contribution in [2.75, 3.05) is 33.3 Å². The Morgan fingerprint density at radius 3 is 2.82 bits per heavy atom. The summed E-state index contributed by atoms with van der Waals surface area (Å²) in [6, 6.07) is 5.97. The molecule has 2 N–H and O–H groups in total. The second kappa shape index (κ2) is 7.33. The number of nitrogens with zero attached hydrogens (tertiary/aromatic N) is 4. The number of aliphatic hydroxyl groups excluding tert-OH is 1. The summed E-state index contributed by atoms with van der Waals surface area (Å²) in [5.74, 6) is 0.915. The summed E-state index contributed by atoms with van der Waals surface area (Å²) in [5.41, 5.74) is 3.76. The van der Waals surface area contributed by atoms with Crippen molar-refractivity contribution < 1.29 is 9.90 Å². The second-order valence-electron chi connectivity index (χ2n) is 7.65. The number of carbonyl (C=O) groups is 1. The van der Waals surface area contributed by atoms with E-state index in [4.69, 9.17) is 10.1 Å². The van der Waals surface area contributed by atoms with Gasteiger partial charge < -0.3 is 10.4 Å². The van der Waals surface area contributed by atoms with Crippen molar-refractivity contribution in [3.8, 4) is 0 Å². The van der Waals surface area contributed by atoms with Gasteiger partial charge in [0.1, 0.15) is 0 Å². The van der Waals surface area contributed by atoms with E-state index in [9.17, 15) is 9.90 Å². The Labute approximate surface area is 164 Å². The summed E-state index contributed by atoms with van der Waals surface area (Å²) < 4.78 is 2.64. The second-order valence-corrected chi connectivity index (χ2v) is 7.65. The molecular weight excluding hydrogens is 354 g/mol. The highest BCUT2D eigenvalue weighted by molar-refractivity contribution is 6.22. The van der Waals surface area contributed by atoms with Crippen LogP contribution in [0.5, 0.6) is 0 Å². The fourth-order valence-corrected chi connectivity index (χ4v) is 3.91. The van der Waals surface area contributed by atoms with E-state index in [0.29, 0.717) is 23.5 Å². The molecule has 3 heterocycles. The zero-order valence-electron chi connectivity index (χ0n) is 16.4. The maximum Gasteiger partial charge on any atom is 0.273 e. The Balaban J connectivity index is 1.88. The number of aliphatic imine (C=N–C) groups is 1. The molecule has 1 aliphatic heterocycles. The third-order valence-corrected chi connectivity index (χ3v) is 5.51. The topological polar surface area (TPSA) is 79.0 Å². The van der Waals surface area contributed by atoms with Gasteiger partial charge in [-0.25, -0.2) is 9.51 Å². The van der Waals surface area contributed by atoms with Gasteiger partial charge in [0, 0.05) is 31.7 Å². The Kier molecular flexibility index (Phi) is 4.87. The van der Waals surface area contributed by atoms with Crippen LogP contribution in [0, 0.1) is 0 Å². The Bertz CT molecular complexity index is 1010. The molecule has 0 unspecified atom stereocenters. The van der Waals surface area contributed by atoms with Gasteiger partial charge in [0.15, 0.2) is 11.5 Å². The molecule has 0 spiro atoms. The van der Waals surface area contributed by atoms with Crippen molar-refractivity contribution >= 4 is 28.5 Å². The van der Waals surface area contributed by atoms with Crippen LogP contribution in [-0.2, 0) is 4.79 Å². The number of fused-ring (bicyclic) bond motifs is 1. The van der Waals surface area contributed by atoms with Gasteiger partial charge in [-0.1, -0.05) is 6.07 Å². The minimum Gasteiger partial charge on any atom is -0.395 e. The summed E-state index contributed by atoms with van der Waals surface area (Å²) in [6.07, 6.45) is 7.66. The molecule has 0 amide bonds. The van der Waals surface area contributed by atoms with Crippen molar-refractivity contribution in [1.29, 1.82) is 0 Å². The van der Waals surface area contributed by atoms with E-state index in [1.54, 1.807) is 13.0 Å². The predicted octanol–water partition coefficient (Wildman–Crippen LogP) is 2.13. The lowest BCUT2D eigenvalue weighted by Crippen LogP contribution is -2.42. The number of allylic oxidation sites excluding steroid dienone is 3. The van der Waals surface area contributed by atoms with Crippen molar-refractivity contribution in [3.05, 3.63) is 47.8 Å². The lowest BCUT2D eigenvalue weighted by atomic mass is 10.0. The number of rotatable bonds is 5. The summed E-state index contributed by atoms with van der Waals surface area (Å²) >= 11 is 0. The number of hydrogen-bond donors (Lipinski definition) is 2. The number of likely N-dealkylation sites (tertiary alicyclic amines) is 1. The van der Waals surface area contributed by atoms with Crippen LogP contribution in [0.2, 0.25) is 0 Å². The van der Waals surface area contributed by atoms with E-state index in [1.165, 1.54) is 12.8 Å². The number of pyridine rings is 1. The molecule has 0 aromatic carbocycles. The maximum atomic E-state index is 12.1. The van der Waals surface area contributed by atoms with Crippen LogP contribution < -0.4 is 9.80 Å². The minimum atomic E-state index is -0.0435. The van der Waals surface area contributed by atoms with E-state index < -0.39 is 0 Å². The first-order valence-electron chi connectivity index (χ1n) is 9.72. The van der Waals surface area contributed by atoms with E-state index in [2.05, 4.69) is 12.4 Å². The van der Waals surface area contributed by atoms with Crippen LogP contribution in [-0.4, -0.2) is 59.5 Å². The van der Waals surface area contributed by atoms with Gasteiger partial charge in [0.2, 0.25) is 0 Å². The van der Waals surface area contributed by atoms with Gasteiger partial charge in [-0.15, -0.1) is 5.10 Å². The number of quaternary nitrogens is 1. The third-order valence-electron chi connectivity index (χ3n) is 5.51. The average molecular weight is 380 g/mol. The van der Waals surface area contributed by atoms with Gasteiger partial charge in [-0.3, -0.25) is 9.28 Å². The van der Waals surface area contributed by atoms with Gasteiger partial charge in [-0.2, -0.15) is 0 Å². The molecule has 2 aromatic heterocycles. The number of aromatic nitrogens is 2. The zero-order chi connectivity index (χ0) is 19.7. The molecule has 1 fully saturated rings. The van der Waals surface area contributed by atoms with Crippen molar-refractivity contribution in [3.63, 3.8) is 0 Å². The molecule has 7 nitrogen and oxygen atoms in total. The van der Waals surface area contributed by atoms with Crippen molar-refractivity contribution in [1.82, 2.24) is 19.4 Å². The minimum absolute atomic E-state index is 0.0154. The lowest BCUT2D eigenvalue weighted by molar-refractivity contribution is -0.111. The highest BCUT2D eigenvalue weighted by Crippen LogP contribution is 2.38. The van der Waals surface area contributed by atoms with Crippen molar-refractivity contribution in [2.45, 2.75) is 19.8 Å². The normalized spacial score (nSPS) is 20.5. The van der Waals surface area contributed by atoms with Crippen molar-refractivity contribution in [2.24, 2.45) is 4.99 Å². The quantitative estimate of drug-likeness (QED) is 0.615. The van der Waals surface area contributed by atoms with Gasteiger partial charge >= 0.3 is 0 Å². The molecular formula is C21H26N5O2+. The summed E-state index contributed by atoms with van der Waals surface area (Å²) in [5, 5.41) is 17.2. The fourth-order valence-electron chi connectivity index (χ4n) is 3.91. The number of aliphatic hydroxyl groups is 1. The van der Waals surface area contributed by atoms with Crippen LogP contribution in [0.25, 0.3) is 5.52 Å². The molecule has 0 bridgehead atoms. The zero-order valence-corrected chi connectivity index (χ0v) is 16.4. The van der Waals surface area contributed by atoms with Crippen LogP contribution >= 0.6 is 0 Å². The number of ketones is 1. The highest BCUT2D eigenvalue weighted by Gasteiger charge is 2.36. The van der Waals surface area contributed by atoms with Gasteiger partial charge in [-0.05, 0) is 30.7 Å². The predicted molar refractivity (Wildman–Crippen MR) is 111 cm³/mol. The summed E-state index contributed by atoms with van der Waals surface area (Å²) in [7, 11) is 2.21. The van der Waals surface area contributed by atoms with Crippen LogP contribution in [0.4, 0.5) is 11.5 Å². The molecule has 0 saturated carbocycles. The molecule has 7 heteroatoms. The first-order valence-corrected chi connectivity index (χ1v) is 9.72. The number of nitrogens with one attached hydrogen (secondary N) is 1. The SMILES string of the molecule is CC1=CC(=Nc2c([N+]3(C)CCCC3)nn3ccccc23)C(NCCO)=CC1=O. The first kappa shape index (κ1) is 18.6.